The van der Waals surface area contributed by atoms with Crippen molar-refractivity contribution in [2.75, 3.05) is 6.54 Å². The van der Waals surface area contributed by atoms with Crippen LogP contribution >= 0.6 is 11.3 Å². The van der Waals surface area contributed by atoms with Crippen LogP contribution in [0.4, 0.5) is 0 Å². The molecule has 0 fully saturated rings. The molecule has 5 nitrogen and oxygen atoms in total. The molecule has 0 unspecified atom stereocenters. The van der Waals surface area contributed by atoms with Crippen LogP contribution in [0, 0.1) is 13.8 Å². The van der Waals surface area contributed by atoms with Gasteiger partial charge in [-0.25, -0.2) is 4.98 Å². The van der Waals surface area contributed by atoms with E-state index >= 15 is 0 Å². The Morgan fingerprint density at radius 3 is 3.04 bits per heavy atom. The van der Waals surface area contributed by atoms with Crippen LogP contribution in [-0.2, 0) is 6.42 Å². The highest BCUT2D eigenvalue weighted by Gasteiger charge is 2.27. The zero-order valence-corrected chi connectivity index (χ0v) is 15.5. The summed E-state index contributed by atoms with van der Waals surface area (Å²) >= 11 is 1.51. The number of rotatable bonds is 4. The number of aryl methyl sites for hydroxylation is 2. The second kappa shape index (κ2) is 6.88. The zero-order valence-electron chi connectivity index (χ0n) is 14.7. The molecule has 1 amide bonds. The minimum absolute atomic E-state index is 0.0635. The minimum atomic E-state index is -0.0770. The van der Waals surface area contributed by atoms with Gasteiger partial charge in [0.1, 0.15) is 11.9 Å². The molecular weight excluding hydrogens is 346 g/mol. The lowest BCUT2D eigenvalue weighted by atomic mass is 10.0. The van der Waals surface area contributed by atoms with Crippen molar-refractivity contribution in [1.82, 2.24) is 15.3 Å². The molecule has 3 aromatic rings. The highest BCUT2D eigenvalue weighted by Crippen LogP contribution is 2.38. The minimum Gasteiger partial charge on any atom is -0.487 e. The first kappa shape index (κ1) is 16.7. The third kappa shape index (κ3) is 3.20. The summed E-state index contributed by atoms with van der Waals surface area (Å²) < 4.78 is 6.18. The number of amides is 1. The van der Waals surface area contributed by atoms with Crippen LogP contribution in [0.25, 0.3) is 11.3 Å². The Bertz CT molecular complexity index is 954. The highest BCUT2D eigenvalue weighted by atomic mass is 32.1. The summed E-state index contributed by atoms with van der Waals surface area (Å²) in [5, 5.41) is 6.70. The first-order chi connectivity index (χ1) is 12.6. The number of hydrogen-bond acceptors (Lipinski definition) is 5. The lowest BCUT2D eigenvalue weighted by Crippen LogP contribution is -2.34. The van der Waals surface area contributed by atoms with E-state index in [4.69, 9.17) is 4.74 Å². The molecule has 3 heterocycles. The molecule has 0 aliphatic carbocycles. The zero-order chi connectivity index (χ0) is 18.1. The average Bonchev–Trinajstić information content (AvgIpc) is 3.30. The molecule has 26 heavy (non-hydrogen) atoms. The van der Waals surface area contributed by atoms with E-state index in [1.165, 1.54) is 11.3 Å². The van der Waals surface area contributed by atoms with Crippen molar-refractivity contribution in [3.05, 3.63) is 63.7 Å². The Labute approximate surface area is 156 Å². The largest absolute Gasteiger partial charge is 0.487 e. The normalized spacial score (nSPS) is 15.4. The summed E-state index contributed by atoms with van der Waals surface area (Å²) in [6, 6.07) is 7.93. The lowest BCUT2D eigenvalue weighted by Gasteiger charge is -2.14. The molecular formula is C20H19N3O2S. The molecule has 2 aromatic heterocycles. The maximum atomic E-state index is 12.1. The van der Waals surface area contributed by atoms with Crippen LogP contribution in [0.2, 0.25) is 0 Å². The fourth-order valence-corrected chi connectivity index (χ4v) is 3.77. The predicted octanol–water partition coefficient (Wildman–Crippen LogP) is 3.56. The number of aromatic nitrogens is 2. The molecule has 0 saturated carbocycles. The Hall–Kier alpha value is -2.73. The molecule has 0 bridgehead atoms. The fourth-order valence-electron chi connectivity index (χ4n) is 3.13. The van der Waals surface area contributed by atoms with Crippen LogP contribution < -0.4 is 10.1 Å². The van der Waals surface area contributed by atoms with Gasteiger partial charge in [0, 0.05) is 29.1 Å². The lowest BCUT2D eigenvalue weighted by molar-refractivity contribution is 0.0934. The summed E-state index contributed by atoms with van der Waals surface area (Å²) in [7, 11) is 0. The van der Waals surface area contributed by atoms with Crippen molar-refractivity contribution in [1.29, 1.82) is 0 Å². The van der Waals surface area contributed by atoms with Crippen molar-refractivity contribution in [2.24, 2.45) is 0 Å². The number of nitrogens with one attached hydrogen (secondary N) is 1. The van der Waals surface area contributed by atoms with Gasteiger partial charge in [0.05, 0.1) is 23.6 Å². The second-order valence-corrected chi connectivity index (χ2v) is 7.19. The summed E-state index contributed by atoms with van der Waals surface area (Å²) in [5.41, 5.74) is 5.40. The molecule has 0 radical (unpaired) electrons. The Morgan fingerprint density at radius 1 is 1.35 bits per heavy atom. The van der Waals surface area contributed by atoms with Crippen molar-refractivity contribution < 1.29 is 9.53 Å². The number of fused-ring (bicyclic) bond motifs is 1. The third-order valence-corrected chi connectivity index (χ3v) is 5.12. The van der Waals surface area contributed by atoms with Gasteiger partial charge in [-0.2, -0.15) is 11.3 Å². The van der Waals surface area contributed by atoms with Gasteiger partial charge in [0.2, 0.25) is 0 Å². The number of para-hydroxylation sites is 1. The van der Waals surface area contributed by atoms with Crippen LogP contribution in [0.15, 0.2) is 41.2 Å². The van der Waals surface area contributed by atoms with Crippen molar-refractivity contribution in [2.45, 2.75) is 26.4 Å². The van der Waals surface area contributed by atoms with Crippen molar-refractivity contribution in [3.8, 4) is 17.0 Å². The topological polar surface area (TPSA) is 64.1 Å². The standard InChI is InChI=1S/C20H19N3O2S/c1-12-9-21-13(2)18(23-12)17-5-3-4-14-8-16(25-19(14)17)10-22-20(24)15-6-7-26-11-15/h3-7,9,11,16H,8,10H2,1-2H3,(H,22,24)/t16-/m0/s1. The van der Waals surface area contributed by atoms with E-state index < -0.39 is 0 Å². The van der Waals surface area contributed by atoms with Gasteiger partial charge < -0.3 is 10.1 Å². The summed E-state index contributed by atoms with van der Waals surface area (Å²) in [4.78, 5) is 21.2. The maximum Gasteiger partial charge on any atom is 0.252 e. The number of benzene rings is 1. The van der Waals surface area contributed by atoms with Gasteiger partial charge in [-0.05, 0) is 36.9 Å². The SMILES string of the molecule is Cc1cnc(C)c(-c2cccc3c2O[C@H](CNC(=O)c2ccsc2)C3)n1. The summed E-state index contributed by atoms with van der Waals surface area (Å²) in [6.45, 7) is 4.36. The number of nitrogens with zero attached hydrogens (tertiary/aromatic N) is 2. The highest BCUT2D eigenvalue weighted by molar-refractivity contribution is 7.08. The average molecular weight is 365 g/mol. The Morgan fingerprint density at radius 2 is 2.23 bits per heavy atom. The monoisotopic (exact) mass is 365 g/mol. The molecule has 1 aliphatic heterocycles. The number of ether oxygens (including phenoxy) is 1. The second-order valence-electron chi connectivity index (χ2n) is 6.41. The van der Waals surface area contributed by atoms with E-state index in [0.717, 1.165) is 40.4 Å². The molecule has 0 saturated heterocycles. The number of thiophene rings is 1. The van der Waals surface area contributed by atoms with Crippen LogP contribution in [0.5, 0.6) is 5.75 Å². The van der Waals surface area contributed by atoms with E-state index in [1.807, 2.05) is 42.8 Å². The number of carbonyl (C=O) groups excluding carboxylic acids is 1. The smallest absolute Gasteiger partial charge is 0.252 e. The molecule has 4 rings (SSSR count). The van der Waals surface area contributed by atoms with E-state index in [1.54, 1.807) is 6.20 Å². The molecule has 1 atom stereocenters. The van der Waals surface area contributed by atoms with E-state index in [2.05, 4.69) is 21.4 Å². The van der Waals surface area contributed by atoms with Gasteiger partial charge in [-0.3, -0.25) is 9.78 Å². The number of hydrogen-bond donors (Lipinski definition) is 1. The Kier molecular flexibility index (Phi) is 4.42. The quantitative estimate of drug-likeness (QED) is 0.768. The third-order valence-electron chi connectivity index (χ3n) is 4.43. The van der Waals surface area contributed by atoms with E-state index in [-0.39, 0.29) is 12.0 Å². The van der Waals surface area contributed by atoms with Gasteiger partial charge in [0.15, 0.2) is 0 Å². The summed E-state index contributed by atoms with van der Waals surface area (Å²) in [5.74, 6) is 0.789. The molecule has 1 N–H and O–H groups in total. The molecule has 6 heteroatoms. The Balaban J connectivity index is 1.52. The summed E-state index contributed by atoms with van der Waals surface area (Å²) in [6.07, 6.45) is 2.46. The molecule has 132 valence electrons. The molecule has 1 aliphatic rings. The molecule has 0 spiro atoms. The first-order valence-corrected chi connectivity index (χ1v) is 9.45. The van der Waals surface area contributed by atoms with Crippen LogP contribution in [-0.4, -0.2) is 28.5 Å². The van der Waals surface area contributed by atoms with Crippen LogP contribution in [0.1, 0.15) is 27.3 Å². The predicted molar refractivity (Wildman–Crippen MR) is 102 cm³/mol. The van der Waals surface area contributed by atoms with Gasteiger partial charge in [-0.15, -0.1) is 0 Å². The fraction of sp³-hybridized carbons (Fsp3) is 0.250. The number of carbonyl (C=O) groups is 1. The van der Waals surface area contributed by atoms with Crippen molar-refractivity contribution in [3.63, 3.8) is 0 Å². The van der Waals surface area contributed by atoms with Gasteiger partial charge >= 0.3 is 0 Å². The van der Waals surface area contributed by atoms with Crippen molar-refractivity contribution >= 4 is 17.2 Å². The van der Waals surface area contributed by atoms with E-state index in [9.17, 15) is 4.79 Å². The van der Waals surface area contributed by atoms with Gasteiger partial charge in [-0.1, -0.05) is 12.1 Å². The maximum absolute atomic E-state index is 12.1. The van der Waals surface area contributed by atoms with E-state index in [0.29, 0.717) is 12.1 Å². The molecule has 1 aromatic carbocycles. The van der Waals surface area contributed by atoms with Gasteiger partial charge in [0.25, 0.3) is 5.91 Å². The first-order valence-electron chi connectivity index (χ1n) is 8.51. The van der Waals surface area contributed by atoms with Crippen LogP contribution in [0.3, 0.4) is 0 Å².